The largest absolute Gasteiger partial charge is 0.321 e. The molecule has 0 unspecified atom stereocenters. The number of benzene rings is 1. The standard InChI is InChI=1S/C10H8Cl2N2OS/c11-16(12)9(6-7-13-16)10(15)14-8-4-2-1-3-5-8/h1-7H,(H,14,15). The number of amides is 1. The van der Waals surface area contributed by atoms with Crippen LogP contribution in [0.1, 0.15) is 0 Å². The summed E-state index contributed by atoms with van der Waals surface area (Å²) in [6.07, 6.45) is 2.99. The molecule has 0 radical (unpaired) electrons. The summed E-state index contributed by atoms with van der Waals surface area (Å²) in [6.45, 7) is 0. The maximum atomic E-state index is 11.8. The lowest BCUT2D eigenvalue weighted by atomic mass is 10.3. The first-order valence-electron chi connectivity index (χ1n) is 4.44. The van der Waals surface area contributed by atoms with E-state index >= 15 is 0 Å². The van der Waals surface area contributed by atoms with Crippen molar-refractivity contribution in [2.45, 2.75) is 0 Å². The van der Waals surface area contributed by atoms with Gasteiger partial charge in [-0.15, -0.1) is 0 Å². The molecule has 1 aromatic rings. The minimum atomic E-state index is -2.34. The molecule has 0 aromatic heterocycles. The Morgan fingerprint density at radius 2 is 1.94 bits per heavy atom. The van der Waals surface area contributed by atoms with Crippen LogP contribution < -0.4 is 5.32 Å². The number of carbonyl (C=O) groups is 1. The van der Waals surface area contributed by atoms with Gasteiger partial charge in [0.15, 0.2) is 0 Å². The fraction of sp³-hybridized carbons (Fsp3) is 0. The molecule has 1 aliphatic heterocycles. The molecular formula is C10H8Cl2N2OS. The van der Waals surface area contributed by atoms with Gasteiger partial charge in [-0.05, 0) is 39.6 Å². The third-order valence-electron chi connectivity index (χ3n) is 1.94. The van der Waals surface area contributed by atoms with Crippen LogP contribution in [0.3, 0.4) is 0 Å². The van der Waals surface area contributed by atoms with Crippen LogP contribution in [0.25, 0.3) is 0 Å². The van der Waals surface area contributed by atoms with E-state index in [1.165, 1.54) is 12.3 Å². The van der Waals surface area contributed by atoms with E-state index in [0.717, 1.165) is 0 Å². The molecule has 3 nitrogen and oxygen atoms in total. The Bertz CT molecular complexity index is 471. The van der Waals surface area contributed by atoms with Crippen LogP contribution in [-0.2, 0) is 4.79 Å². The molecule has 0 atom stereocenters. The van der Waals surface area contributed by atoms with Crippen molar-refractivity contribution in [3.05, 3.63) is 41.3 Å². The Balaban J connectivity index is 2.11. The number of para-hydroxylation sites is 1. The molecule has 0 aliphatic carbocycles. The molecule has 0 fully saturated rings. The van der Waals surface area contributed by atoms with E-state index in [4.69, 9.17) is 21.4 Å². The second-order valence-electron chi connectivity index (χ2n) is 3.05. The summed E-state index contributed by atoms with van der Waals surface area (Å²) in [4.78, 5) is 12.1. The molecule has 0 spiro atoms. The number of halogens is 2. The molecule has 1 aliphatic rings. The third-order valence-corrected chi connectivity index (χ3v) is 4.65. The number of nitrogens with one attached hydrogen (secondary N) is 1. The van der Waals surface area contributed by atoms with Gasteiger partial charge < -0.3 is 5.32 Å². The van der Waals surface area contributed by atoms with Crippen molar-refractivity contribution in [2.75, 3.05) is 5.32 Å². The topological polar surface area (TPSA) is 41.5 Å². The molecule has 6 heteroatoms. The lowest BCUT2D eigenvalue weighted by Gasteiger charge is -2.17. The first-order chi connectivity index (χ1) is 7.59. The zero-order chi connectivity index (χ0) is 11.6. The quantitative estimate of drug-likeness (QED) is 0.879. The average Bonchev–Trinajstić information content (AvgIpc) is 2.59. The number of nitrogens with zero attached hydrogens (tertiary/aromatic N) is 1. The van der Waals surface area contributed by atoms with Gasteiger partial charge in [-0.2, -0.15) is 0 Å². The van der Waals surface area contributed by atoms with E-state index in [2.05, 4.69) is 9.71 Å². The fourth-order valence-electron chi connectivity index (χ4n) is 1.21. The first kappa shape index (κ1) is 11.5. The summed E-state index contributed by atoms with van der Waals surface area (Å²) in [5, 5.41) is 2.70. The smallest absolute Gasteiger partial charge is 0.264 e. The van der Waals surface area contributed by atoms with Crippen LogP contribution in [0.5, 0.6) is 0 Å². The van der Waals surface area contributed by atoms with Gasteiger partial charge in [-0.1, -0.05) is 18.2 Å². The maximum absolute atomic E-state index is 11.8. The Kier molecular flexibility index (Phi) is 3.23. The Hall–Kier alpha value is -0.970. The minimum Gasteiger partial charge on any atom is -0.321 e. The third kappa shape index (κ3) is 2.40. The summed E-state index contributed by atoms with van der Waals surface area (Å²) in [5.74, 6) is -0.316. The van der Waals surface area contributed by atoms with E-state index in [1.54, 1.807) is 12.1 Å². The minimum absolute atomic E-state index is 0.305. The van der Waals surface area contributed by atoms with Crippen LogP contribution in [-0.4, -0.2) is 12.1 Å². The Morgan fingerprint density at radius 1 is 1.25 bits per heavy atom. The van der Waals surface area contributed by atoms with E-state index in [9.17, 15) is 4.79 Å². The predicted octanol–water partition coefficient (Wildman–Crippen LogP) is 3.62. The van der Waals surface area contributed by atoms with Crippen LogP contribution in [0, 0.1) is 0 Å². The van der Waals surface area contributed by atoms with Gasteiger partial charge in [-0.25, -0.2) is 4.40 Å². The molecule has 0 saturated heterocycles. The van der Waals surface area contributed by atoms with Gasteiger partial charge in [-0.3, -0.25) is 4.79 Å². The van der Waals surface area contributed by atoms with Gasteiger partial charge in [0.1, 0.15) is 4.91 Å². The Labute approximate surface area is 104 Å². The number of rotatable bonds is 2. The molecule has 16 heavy (non-hydrogen) atoms. The Morgan fingerprint density at radius 3 is 2.50 bits per heavy atom. The molecule has 1 N–H and O–H groups in total. The van der Waals surface area contributed by atoms with Crippen molar-refractivity contribution < 1.29 is 4.79 Å². The molecule has 1 heterocycles. The highest BCUT2D eigenvalue weighted by atomic mass is 36.0. The second-order valence-corrected chi connectivity index (χ2v) is 7.74. The summed E-state index contributed by atoms with van der Waals surface area (Å²) < 4.78 is 3.85. The zero-order valence-corrected chi connectivity index (χ0v) is 10.4. The van der Waals surface area contributed by atoms with Crippen molar-refractivity contribution in [1.82, 2.24) is 0 Å². The van der Waals surface area contributed by atoms with Crippen LogP contribution in [0.4, 0.5) is 5.69 Å². The van der Waals surface area contributed by atoms with E-state index in [-0.39, 0.29) is 5.91 Å². The maximum Gasteiger partial charge on any atom is 0.264 e. The molecular weight excluding hydrogens is 267 g/mol. The number of anilines is 1. The highest BCUT2D eigenvalue weighted by Gasteiger charge is 2.30. The highest BCUT2D eigenvalue weighted by Crippen LogP contribution is 2.67. The van der Waals surface area contributed by atoms with Crippen molar-refractivity contribution in [3.8, 4) is 0 Å². The van der Waals surface area contributed by atoms with Crippen LogP contribution in [0.2, 0.25) is 0 Å². The van der Waals surface area contributed by atoms with Crippen molar-refractivity contribution in [3.63, 3.8) is 0 Å². The lowest BCUT2D eigenvalue weighted by Crippen LogP contribution is -2.13. The van der Waals surface area contributed by atoms with Crippen molar-refractivity contribution >= 4 is 47.8 Å². The average molecular weight is 275 g/mol. The van der Waals surface area contributed by atoms with Gasteiger partial charge in [0, 0.05) is 20.5 Å². The van der Waals surface area contributed by atoms with E-state index < -0.39 is 8.64 Å². The van der Waals surface area contributed by atoms with Crippen LogP contribution >= 0.6 is 30.0 Å². The fourth-order valence-corrected chi connectivity index (χ4v) is 3.05. The highest BCUT2D eigenvalue weighted by molar-refractivity contribution is 8.68. The second kappa shape index (κ2) is 4.49. The number of hydrogen-bond donors (Lipinski definition) is 1. The summed E-state index contributed by atoms with van der Waals surface area (Å²) in [5.41, 5.74) is 0.698. The van der Waals surface area contributed by atoms with Crippen molar-refractivity contribution in [2.24, 2.45) is 4.40 Å². The number of carbonyl (C=O) groups excluding carboxylic acids is 1. The van der Waals surface area contributed by atoms with Gasteiger partial charge in [0.25, 0.3) is 5.91 Å². The predicted molar refractivity (Wildman–Crippen MR) is 70.9 cm³/mol. The summed E-state index contributed by atoms with van der Waals surface area (Å²) in [6, 6.07) is 9.10. The van der Waals surface area contributed by atoms with E-state index in [0.29, 0.717) is 10.6 Å². The normalized spacial score (nSPS) is 19.0. The van der Waals surface area contributed by atoms with E-state index in [1.807, 2.05) is 18.2 Å². The van der Waals surface area contributed by atoms with Crippen LogP contribution in [0.15, 0.2) is 45.7 Å². The molecule has 84 valence electrons. The van der Waals surface area contributed by atoms with Crippen molar-refractivity contribution in [1.29, 1.82) is 0 Å². The number of allylic oxidation sites excluding steroid dienone is 1. The van der Waals surface area contributed by atoms with Gasteiger partial charge >= 0.3 is 0 Å². The molecule has 0 bridgehead atoms. The molecule has 1 aromatic carbocycles. The molecule has 2 rings (SSSR count). The summed E-state index contributed by atoms with van der Waals surface area (Å²) in [7, 11) is 9.49. The number of hydrogen-bond acceptors (Lipinski definition) is 2. The first-order valence-corrected chi connectivity index (χ1v) is 7.68. The van der Waals surface area contributed by atoms with Gasteiger partial charge in [0.2, 0.25) is 0 Å². The monoisotopic (exact) mass is 274 g/mol. The molecule has 1 amide bonds. The summed E-state index contributed by atoms with van der Waals surface area (Å²) >= 11 is 0. The lowest BCUT2D eigenvalue weighted by molar-refractivity contribution is -0.112. The zero-order valence-electron chi connectivity index (χ0n) is 8.06. The van der Waals surface area contributed by atoms with Gasteiger partial charge in [0.05, 0.1) is 0 Å². The molecule has 0 saturated carbocycles. The SMILES string of the molecule is O=C(Nc1ccccc1)C1=CC=NS1(Cl)Cl.